The van der Waals surface area contributed by atoms with E-state index in [-0.39, 0.29) is 16.9 Å². The van der Waals surface area contributed by atoms with Gasteiger partial charge in [-0.15, -0.1) is 13.2 Å². The average Bonchev–Trinajstić information content (AvgIpc) is 2.46. The van der Waals surface area contributed by atoms with Crippen LogP contribution in [0.1, 0.15) is 12.8 Å². The van der Waals surface area contributed by atoms with Crippen molar-refractivity contribution >= 4 is 15.9 Å². The van der Waals surface area contributed by atoms with Crippen molar-refractivity contribution < 1.29 is 27.4 Å². The maximum atomic E-state index is 12.4. The monoisotopic (exact) mass is 368 g/mol. The molecule has 0 aliphatic carbocycles. The minimum atomic E-state index is -4.73. The fourth-order valence-electron chi connectivity index (χ4n) is 2.13. The standard InChI is InChI=1S/C14H16BrF3O3/c15-9-13(5-7-19-8-6-13)10-20-11-3-1-2-4-12(11)21-14(16,17)18/h1-4H,5-10H2. The summed E-state index contributed by atoms with van der Waals surface area (Å²) < 4.78 is 52.0. The molecular formula is C14H16BrF3O3. The number of para-hydroxylation sites is 2. The smallest absolute Gasteiger partial charge is 0.489 e. The highest BCUT2D eigenvalue weighted by molar-refractivity contribution is 9.09. The number of halogens is 4. The predicted octanol–water partition coefficient (Wildman–Crippen LogP) is 4.16. The number of hydrogen-bond acceptors (Lipinski definition) is 3. The number of benzene rings is 1. The molecule has 0 saturated carbocycles. The molecule has 1 aliphatic heterocycles. The highest BCUT2D eigenvalue weighted by atomic mass is 79.9. The molecule has 1 saturated heterocycles. The third-order valence-electron chi connectivity index (χ3n) is 3.45. The van der Waals surface area contributed by atoms with Crippen LogP contribution in [0.2, 0.25) is 0 Å². The summed E-state index contributed by atoms with van der Waals surface area (Å²) >= 11 is 3.46. The Bertz CT molecular complexity index is 459. The third-order valence-corrected chi connectivity index (χ3v) is 4.64. The van der Waals surface area contributed by atoms with Crippen LogP contribution in [0.25, 0.3) is 0 Å². The molecule has 7 heteroatoms. The molecule has 0 unspecified atom stereocenters. The van der Waals surface area contributed by atoms with Crippen molar-refractivity contribution in [2.24, 2.45) is 5.41 Å². The molecule has 0 aromatic heterocycles. The molecule has 0 atom stereocenters. The lowest BCUT2D eigenvalue weighted by atomic mass is 9.83. The minimum Gasteiger partial charge on any atom is -0.489 e. The van der Waals surface area contributed by atoms with E-state index >= 15 is 0 Å². The Kier molecular flexibility index (Phi) is 5.37. The number of alkyl halides is 4. The van der Waals surface area contributed by atoms with Gasteiger partial charge in [0.1, 0.15) is 0 Å². The average molecular weight is 369 g/mol. The Labute approximate surface area is 129 Å². The van der Waals surface area contributed by atoms with Crippen molar-refractivity contribution in [2.45, 2.75) is 19.2 Å². The first-order valence-corrected chi connectivity index (χ1v) is 7.68. The number of ether oxygens (including phenoxy) is 3. The van der Waals surface area contributed by atoms with E-state index < -0.39 is 6.36 Å². The maximum absolute atomic E-state index is 12.4. The third kappa shape index (κ3) is 4.78. The molecule has 0 N–H and O–H groups in total. The highest BCUT2D eigenvalue weighted by Crippen LogP contribution is 2.36. The topological polar surface area (TPSA) is 27.7 Å². The fraction of sp³-hybridized carbons (Fsp3) is 0.571. The van der Waals surface area contributed by atoms with Crippen LogP contribution in [-0.2, 0) is 4.74 Å². The molecule has 0 spiro atoms. The van der Waals surface area contributed by atoms with Gasteiger partial charge in [0.25, 0.3) is 0 Å². The van der Waals surface area contributed by atoms with E-state index in [9.17, 15) is 13.2 Å². The van der Waals surface area contributed by atoms with Crippen molar-refractivity contribution in [3.63, 3.8) is 0 Å². The van der Waals surface area contributed by atoms with E-state index in [4.69, 9.17) is 9.47 Å². The molecule has 1 aliphatic rings. The summed E-state index contributed by atoms with van der Waals surface area (Å²) in [4.78, 5) is 0. The molecule has 118 valence electrons. The summed E-state index contributed by atoms with van der Waals surface area (Å²) in [5.41, 5.74) is -0.121. The first kappa shape index (κ1) is 16.4. The molecule has 0 bridgehead atoms. The van der Waals surface area contributed by atoms with Crippen LogP contribution in [0.5, 0.6) is 11.5 Å². The summed E-state index contributed by atoms with van der Waals surface area (Å²) in [7, 11) is 0. The van der Waals surface area contributed by atoms with Crippen molar-refractivity contribution in [1.82, 2.24) is 0 Å². The van der Waals surface area contributed by atoms with Gasteiger partial charge in [-0.2, -0.15) is 0 Å². The summed E-state index contributed by atoms with van der Waals surface area (Å²) in [6, 6.07) is 5.81. The Morgan fingerprint density at radius 3 is 2.33 bits per heavy atom. The molecule has 1 aromatic carbocycles. The Balaban J connectivity index is 2.05. The van der Waals surface area contributed by atoms with Crippen molar-refractivity contribution in [3.8, 4) is 11.5 Å². The van der Waals surface area contributed by atoms with Gasteiger partial charge in [-0.05, 0) is 25.0 Å². The van der Waals surface area contributed by atoms with Crippen LogP contribution in [-0.4, -0.2) is 31.5 Å². The van der Waals surface area contributed by atoms with Crippen LogP contribution in [0.3, 0.4) is 0 Å². The van der Waals surface area contributed by atoms with Crippen LogP contribution < -0.4 is 9.47 Å². The van der Waals surface area contributed by atoms with E-state index in [0.29, 0.717) is 25.2 Å². The van der Waals surface area contributed by atoms with Crippen molar-refractivity contribution in [1.29, 1.82) is 0 Å². The molecule has 0 amide bonds. The molecule has 2 rings (SSSR count). The van der Waals surface area contributed by atoms with E-state index in [0.717, 1.165) is 12.8 Å². The Morgan fingerprint density at radius 1 is 1.14 bits per heavy atom. The number of rotatable bonds is 5. The second-order valence-corrected chi connectivity index (χ2v) is 5.59. The van der Waals surface area contributed by atoms with Gasteiger partial charge in [-0.25, -0.2) is 0 Å². The first-order chi connectivity index (χ1) is 9.94. The quantitative estimate of drug-likeness (QED) is 0.730. The van der Waals surface area contributed by atoms with E-state index in [2.05, 4.69) is 20.7 Å². The van der Waals surface area contributed by atoms with Crippen LogP contribution in [0.15, 0.2) is 24.3 Å². The minimum absolute atomic E-state index is 0.0987. The van der Waals surface area contributed by atoms with Gasteiger partial charge in [-0.1, -0.05) is 28.1 Å². The summed E-state index contributed by atoms with van der Waals surface area (Å²) in [6.45, 7) is 1.59. The number of hydrogen-bond donors (Lipinski definition) is 0. The molecule has 1 fully saturated rings. The van der Waals surface area contributed by atoms with Gasteiger partial charge in [0.2, 0.25) is 0 Å². The summed E-state index contributed by atoms with van der Waals surface area (Å²) in [5, 5.41) is 0.714. The lowest BCUT2D eigenvalue weighted by Gasteiger charge is -2.35. The van der Waals surface area contributed by atoms with Crippen LogP contribution in [0, 0.1) is 5.41 Å². The second kappa shape index (κ2) is 6.87. The van der Waals surface area contributed by atoms with Gasteiger partial charge < -0.3 is 14.2 Å². The second-order valence-electron chi connectivity index (χ2n) is 5.03. The first-order valence-electron chi connectivity index (χ1n) is 6.55. The Hall–Kier alpha value is -0.950. The summed E-state index contributed by atoms with van der Waals surface area (Å²) in [5.74, 6) is -0.219. The highest BCUT2D eigenvalue weighted by Gasteiger charge is 2.34. The normalized spacial score (nSPS) is 18.3. The summed E-state index contributed by atoms with van der Waals surface area (Å²) in [6.07, 6.45) is -3.12. The lowest BCUT2D eigenvalue weighted by Crippen LogP contribution is -2.36. The zero-order chi connectivity index (χ0) is 15.3. The van der Waals surface area contributed by atoms with Crippen LogP contribution >= 0.6 is 15.9 Å². The van der Waals surface area contributed by atoms with Gasteiger partial charge in [0.05, 0.1) is 6.61 Å². The largest absolute Gasteiger partial charge is 0.573 e. The van der Waals surface area contributed by atoms with Gasteiger partial charge in [0, 0.05) is 24.0 Å². The molecule has 21 heavy (non-hydrogen) atoms. The SMILES string of the molecule is FC(F)(F)Oc1ccccc1OCC1(CBr)CCOCC1. The molecule has 3 nitrogen and oxygen atoms in total. The van der Waals surface area contributed by atoms with E-state index in [1.165, 1.54) is 18.2 Å². The fourth-order valence-corrected chi connectivity index (χ4v) is 2.85. The van der Waals surface area contributed by atoms with Gasteiger partial charge >= 0.3 is 6.36 Å². The Morgan fingerprint density at radius 2 is 1.76 bits per heavy atom. The van der Waals surface area contributed by atoms with Crippen molar-refractivity contribution in [2.75, 3.05) is 25.2 Å². The van der Waals surface area contributed by atoms with Crippen LogP contribution in [0.4, 0.5) is 13.2 Å². The molecule has 1 aromatic rings. The zero-order valence-electron chi connectivity index (χ0n) is 11.3. The lowest BCUT2D eigenvalue weighted by molar-refractivity contribution is -0.275. The van der Waals surface area contributed by atoms with E-state index in [1.54, 1.807) is 6.07 Å². The van der Waals surface area contributed by atoms with Gasteiger partial charge in [0.15, 0.2) is 11.5 Å². The molecular weight excluding hydrogens is 353 g/mol. The predicted molar refractivity (Wildman–Crippen MR) is 74.9 cm³/mol. The maximum Gasteiger partial charge on any atom is 0.573 e. The van der Waals surface area contributed by atoms with Crippen molar-refractivity contribution in [3.05, 3.63) is 24.3 Å². The van der Waals surface area contributed by atoms with Gasteiger partial charge in [-0.3, -0.25) is 0 Å². The zero-order valence-corrected chi connectivity index (χ0v) is 12.9. The van der Waals surface area contributed by atoms with E-state index in [1.807, 2.05) is 0 Å². The molecule has 0 radical (unpaired) electrons. The molecule has 1 heterocycles.